The van der Waals surface area contributed by atoms with E-state index in [-0.39, 0.29) is 6.03 Å². The molecule has 108 valence electrons. The summed E-state index contributed by atoms with van der Waals surface area (Å²) >= 11 is 1.51. The van der Waals surface area contributed by atoms with Crippen LogP contribution in [0.25, 0.3) is 0 Å². The van der Waals surface area contributed by atoms with E-state index >= 15 is 0 Å². The molecule has 2 fully saturated rings. The Labute approximate surface area is 117 Å². The van der Waals surface area contributed by atoms with E-state index in [1.165, 1.54) is 16.7 Å². The van der Waals surface area contributed by atoms with Crippen molar-refractivity contribution >= 4 is 23.8 Å². The van der Waals surface area contributed by atoms with Gasteiger partial charge in [-0.25, -0.2) is 9.59 Å². The van der Waals surface area contributed by atoms with Gasteiger partial charge in [0.1, 0.15) is 6.04 Å². The Bertz CT molecular complexity index is 356. The zero-order valence-electron chi connectivity index (χ0n) is 11.4. The first-order chi connectivity index (χ1) is 9.00. The number of carboxylic acid groups (broad SMARTS) is 1. The monoisotopic (exact) mass is 287 g/mol. The summed E-state index contributed by atoms with van der Waals surface area (Å²) in [4.78, 5) is 28.9. The fraction of sp³-hybridized carbons (Fsp3) is 0.833. The number of likely N-dealkylation sites (tertiary alicyclic amines) is 1. The number of hydrogen-bond acceptors (Lipinski definition) is 4. The molecule has 0 unspecified atom stereocenters. The van der Waals surface area contributed by atoms with Crippen LogP contribution in [-0.4, -0.2) is 82.7 Å². The Morgan fingerprint density at radius 3 is 2.42 bits per heavy atom. The molecular formula is C12H21N3O3S. The molecule has 0 saturated carbocycles. The van der Waals surface area contributed by atoms with Crippen LogP contribution in [0.5, 0.6) is 0 Å². The van der Waals surface area contributed by atoms with Crippen LogP contribution < -0.4 is 0 Å². The van der Waals surface area contributed by atoms with Gasteiger partial charge in [-0.2, -0.15) is 0 Å². The number of carbonyl (C=O) groups excluding carboxylic acids is 1. The maximum absolute atomic E-state index is 12.4. The van der Waals surface area contributed by atoms with Crippen molar-refractivity contribution in [3.05, 3.63) is 0 Å². The number of aliphatic carboxylic acids is 1. The van der Waals surface area contributed by atoms with Gasteiger partial charge in [0.05, 0.1) is 5.88 Å². The number of urea groups is 1. The van der Waals surface area contributed by atoms with Crippen LogP contribution in [0.15, 0.2) is 0 Å². The Morgan fingerprint density at radius 2 is 1.89 bits per heavy atom. The summed E-state index contributed by atoms with van der Waals surface area (Å²) in [6.07, 6.45) is 1.91. The smallest absolute Gasteiger partial charge is 0.327 e. The van der Waals surface area contributed by atoms with Gasteiger partial charge in [-0.1, -0.05) is 0 Å². The topological polar surface area (TPSA) is 64.1 Å². The van der Waals surface area contributed by atoms with Gasteiger partial charge in [-0.3, -0.25) is 0 Å². The van der Waals surface area contributed by atoms with E-state index in [4.69, 9.17) is 5.11 Å². The molecule has 19 heavy (non-hydrogen) atoms. The maximum Gasteiger partial charge on any atom is 0.327 e. The lowest BCUT2D eigenvalue weighted by Crippen LogP contribution is -2.52. The molecule has 7 heteroatoms. The quantitative estimate of drug-likeness (QED) is 0.805. The summed E-state index contributed by atoms with van der Waals surface area (Å²) < 4.78 is 0. The van der Waals surface area contributed by atoms with Gasteiger partial charge in [0.15, 0.2) is 0 Å². The number of hydrogen-bond donors (Lipinski definition) is 1. The van der Waals surface area contributed by atoms with Crippen molar-refractivity contribution in [3.8, 4) is 0 Å². The molecule has 1 N–H and O–H groups in total. The first kappa shape index (κ1) is 14.5. The molecule has 2 saturated heterocycles. The molecule has 2 rings (SSSR count). The van der Waals surface area contributed by atoms with Gasteiger partial charge in [0.2, 0.25) is 0 Å². The minimum atomic E-state index is -0.901. The third-order valence-electron chi connectivity index (χ3n) is 3.88. The fourth-order valence-electron chi connectivity index (χ4n) is 2.59. The Hall–Kier alpha value is -0.950. The lowest BCUT2D eigenvalue weighted by atomic mass is 10.0. The Balaban J connectivity index is 1.92. The normalized spacial score (nSPS) is 25.1. The summed E-state index contributed by atoms with van der Waals surface area (Å²) in [6, 6.07) is -0.258. The molecule has 0 radical (unpaired) electrons. The second-order valence-corrected chi connectivity index (χ2v) is 6.29. The fourth-order valence-corrected chi connectivity index (χ4v) is 3.73. The lowest BCUT2D eigenvalue weighted by Gasteiger charge is -2.37. The summed E-state index contributed by atoms with van der Waals surface area (Å²) in [7, 11) is 4.11. The van der Waals surface area contributed by atoms with Gasteiger partial charge in [0.25, 0.3) is 0 Å². The second-order valence-electron chi connectivity index (χ2n) is 5.29. The molecule has 2 amide bonds. The molecule has 0 aromatic carbocycles. The summed E-state index contributed by atoms with van der Waals surface area (Å²) in [5.74, 6) is 0.0834. The van der Waals surface area contributed by atoms with E-state index in [0.29, 0.717) is 17.7 Å². The van der Waals surface area contributed by atoms with E-state index in [2.05, 4.69) is 19.0 Å². The highest BCUT2D eigenvalue weighted by molar-refractivity contribution is 7.99. The van der Waals surface area contributed by atoms with Crippen molar-refractivity contribution in [3.63, 3.8) is 0 Å². The number of amides is 2. The van der Waals surface area contributed by atoms with Crippen molar-refractivity contribution in [1.82, 2.24) is 14.7 Å². The molecule has 0 aliphatic carbocycles. The van der Waals surface area contributed by atoms with Crippen molar-refractivity contribution < 1.29 is 14.7 Å². The van der Waals surface area contributed by atoms with Gasteiger partial charge < -0.3 is 19.8 Å². The van der Waals surface area contributed by atoms with Crippen LogP contribution in [0.2, 0.25) is 0 Å². The van der Waals surface area contributed by atoms with Crippen LogP contribution in [-0.2, 0) is 4.79 Å². The molecule has 2 heterocycles. The summed E-state index contributed by atoms with van der Waals surface area (Å²) in [6.45, 7) is 1.43. The number of nitrogens with zero attached hydrogens (tertiary/aromatic N) is 3. The van der Waals surface area contributed by atoms with Gasteiger partial charge >= 0.3 is 12.0 Å². The predicted octanol–water partition coefficient (Wildman–Crippen LogP) is 0.592. The zero-order valence-corrected chi connectivity index (χ0v) is 12.2. The van der Waals surface area contributed by atoms with Crippen molar-refractivity contribution in [1.29, 1.82) is 0 Å². The van der Waals surface area contributed by atoms with E-state index in [9.17, 15) is 9.59 Å². The third-order valence-corrected chi connectivity index (χ3v) is 4.89. The van der Waals surface area contributed by atoms with E-state index in [1.54, 1.807) is 4.90 Å². The average molecular weight is 287 g/mol. The molecule has 2 aliphatic heterocycles. The molecule has 2 aliphatic rings. The number of carbonyl (C=O) groups is 2. The van der Waals surface area contributed by atoms with E-state index in [1.807, 2.05) is 0 Å². The standard InChI is InChI=1S/C12H21N3O3S/c1-13(2)9-3-5-14(6-4-9)12(18)15-8-19-7-10(15)11(16)17/h9-10H,3-8H2,1-2H3,(H,16,17)/t10-/m0/s1. The van der Waals surface area contributed by atoms with Crippen molar-refractivity contribution in [2.45, 2.75) is 24.9 Å². The van der Waals surface area contributed by atoms with Crippen molar-refractivity contribution in [2.24, 2.45) is 0 Å². The molecule has 6 nitrogen and oxygen atoms in total. The largest absolute Gasteiger partial charge is 0.480 e. The minimum absolute atomic E-state index is 0.116. The molecule has 0 spiro atoms. The first-order valence-corrected chi connectivity index (χ1v) is 7.68. The van der Waals surface area contributed by atoms with Crippen LogP contribution in [0.1, 0.15) is 12.8 Å². The van der Waals surface area contributed by atoms with Crippen molar-refractivity contribution in [2.75, 3.05) is 38.8 Å². The van der Waals surface area contributed by atoms with Gasteiger partial charge in [-0.15, -0.1) is 11.8 Å². The highest BCUT2D eigenvalue weighted by atomic mass is 32.2. The third kappa shape index (κ3) is 3.14. The SMILES string of the molecule is CN(C)C1CCN(C(=O)N2CSC[C@H]2C(=O)O)CC1. The molecule has 0 aromatic heterocycles. The van der Waals surface area contributed by atoms with Crippen LogP contribution in [0.4, 0.5) is 4.79 Å². The Morgan fingerprint density at radius 1 is 1.26 bits per heavy atom. The highest BCUT2D eigenvalue weighted by Gasteiger charge is 2.37. The van der Waals surface area contributed by atoms with Crippen LogP contribution in [0, 0.1) is 0 Å². The Kier molecular flexibility index (Phi) is 4.57. The second kappa shape index (κ2) is 6.00. The zero-order chi connectivity index (χ0) is 14.0. The summed E-state index contributed by atoms with van der Waals surface area (Å²) in [5.41, 5.74) is 0. The number of thioether (sulfide) groups is 1. The van der Waals surface area contributed by atoms with E-state index < -0.39 is 12.0 Å². The van der Waals surface area contributed by atoms with Crippen LogP contribution in [0.3, 0.4) is 0 Å². The molecule has 0 bridgehead atoms. The van der Waals surface area contributed by atoms with Crippen LogP contribution >= 0.6 is 11.8 Å². The predicted molar refractivity (Wildman–Crippen MR) is 74.3 cm³/mol. The van der Waals surface area contributed by atoms with E-state index in [0.717, 1.165) is 25.9 Å². The number of carboxylic acids is 1. The molecule has 0 aromatic rings. The van der Waals surface area contributed by atoms with Gasteiger partial charge in [0, 0.05) is 24.9 Å². The molecular weight excluding hydrogens is 266 g/mol. The summed E-state index contributed by atoms with van der Waals surface area (Å²) in [5, 5.41) is 9.11. The lowest BCUT2D eigenvalue weighted by molar-refractivity contribution is -0.141. The maximum atomic E-state index is 12.4. The highest BCUT2D eigenvalue weighted by Crippen LogP contribution is 2.24. The minimum Gasteiger partial charge on any atom is -0.480 e. The van der Waals surface area contributed by atoms with Gasteiger partial charge in [-0.05, 0) is 26.9 Å². The molecule has 1 atom stereocenters. The number of rotatable bonds is 2. The number of piperidine rings is 1. The average Bonchev–Trinajstić information content (AvgIpc) is 2.87. The first-order valence-electron chi connectivity index (χ1n) is 6.53.